The summed E-state index contributed by atoms with van der Waals surface area (Å²) < 4.78 is 70.9. The summed E-state index contributed by atoms with van der Waals surface area (Å²) in [5.74, 6) is -1.41. The number of aromatic hydroxyl groups is 1. The van der Waals surface area contributed by atoms with Crippen LogP contribution in [0.15, 0.2) is 41.3 Å². The van der Waals surface area contributed by atoms with Crippen LogP contribution in [-0.2, 0) is 27.6 Å². The number of carbonyl (C=O) groups is 1. The number of aliphatic hydroxyl groups is 1. The van der Waals surface area contributed by atoms with Crippen molar-refractivity contribution < 1.29 is 41.3 Å². The van der Waals surface area contributed by atoms with E-state index in [-0.39, 0.29) is 40.1 Å². The van der Waals surface area contributed by atoms with E-state index in [1.807, 2.05) is 0 Å². The first-order valence-electron chi connectivity index (χ1n) is 9.67. The molecule has 2 rings (SSSR count). The zero-order chi connectivity index (χ0) is 24.1. The average Bonchev–Trinajstić information content (AvgIpc) is 2.71. The molecular formula is C21H24F3NO6S. The van der Waals surface area contributed by atoms with Crippen molar-refractivity contribution in [3.05, 3.63) is 53.1 Å². The van der Waals surface area contributed by atoms with E-state index >= 15 is 0 Å². The monoisotopic (exact) mass is 475 g/mol. The van der Waals surface area contributed by atoms with E-state index in [4.69, 9.17) is 0 Å². The summed E-state index contributed by atoms with van der Waals surface area (Å²) >= 11 is 0. The second kappa shape index (κ2) is 10.2. The van der Waals surface area contributed by atoms with E-state index in [9.17, 15) is 36.6 Å². The number of methoxy groups -OCH3 is 1. The Labute approximate surface area is 183 Å². The van der Waals surface area contributed by atoms with Gasteiger partial charge in [-0.05, 0) is 54.7 Å². The number of aryl methyl sites for hydroxylation is 1. The van der Waals surface area contributed by atoms with Crippen LogP contribution in [0.25, 0.3) is 0 Å². The summed E-state index contributed by atoms with van der Waals surface area (Å²) in [7, 11) is -3.19. The first kappa shape index (κ1) is 25.5. The van der Waals surface area contributed by atoms with Crippen molar-refractivity contribution in [2.45, 2.75) is 49.8 Å². The topological polar surface area (TPSA) is 113 Å². The van der Waals surface area contributed by atoms with Crippen molar-refractivity contribution in [3.63, 3.8) is 0 Å². The molecule has 3 N–H and O–H groups in total. The van der Waals surface area contributed by atoms with Gasteiger partial charge in [0.05, 0.1) is 30.2 Å². The predicted octanol–water partition coefficient (Wildman–Crippen LogP) is 3.79. The molecule has 7 nitrogen and oxygen atoms in total. The first-order valence-corrected chi connectivity index (χ1v) is 11.2. The Balaban J connectivity index is 2.41. The van der Waals surface area contributed by atoms with Gasteiger partial charge >= 0.3 is 12.1 Å². The number of esters is 1. The Morgan fingerprint density at radius 3 is 2.47 bits per heavy atom. The second-order valence-corrected chi connectivity index (χ2v) is 8.84. The van der Waals surface area contributed by atoms with Crippen LogP contribution in [0.5, 0.6) is 5.75 Å². The maximum absolute atomic E-state index is 12.9. The zero-order valence-electron chi connectivity index (χ0n) is 17.4. The molecule has 0 amide bonds. The minimum Gasteiger partial charge on any atom is -0.507 e. The van der Waals surface area contributed by atoms with Crippen molar-refractivity contribution in [3.8, 4) is 5.75 Å². The number of phenolic OH excluding ortho intramolecular Hbond substituents is 1. The molecule has 2 aromatic rings. The smallest absolute Gasteiger partial charge is 0.393 e. The molecule has 0 radical (unpaired) electrons. The van der Waals surface area contributed by atoms with Gasteiger partial charge < -0.3 is 14.9 Å². The summed E-state index contributed by atoms with van der Waals surface area (Å²) in [5, 5.41) is 19.6. The van der Waals surface area contributed by atoms with Crippen LogP contribution in [0.2, 0.25) is 0 Å². The van der Waals surface area contributed by atoms with Gasteiger partial charge in [-0.1, -0.05) is 19.1 Å². The molecule has 1 atom stereocenters. The van der Waals surface area contributed by atoms with Crippen molar-refractivity contribution in [1.82, 2.24) is 0 Å². The van der Waals surface area contributed by atoms with E-state index in [2.05, 4.69) is 9.46 Å². The fourth-order valence-corrected chi connectivity index (χ4v) is 4.11. The lowest BCUT2D eigenvalue weighted by Gasteiger charge is -2.16. The Morgan fingerprint density at radius 2 is 1.88 bits per heavy atom. The molecule has 0 fully saturated rings. The quantitative estimate of drug-likeness (QED) is 0.476. The van der Waals surface area contributed by atoms with Crippen LogP contribution in [0.3, 0.4) is 0 Å². The summed E-state index contributed by atoms with van der Waals surface area (Å²) in [5.41, 5.74) is -0.0667. The molecule has 11 heteroatoms. The van der Waals surface area contributed by atoms with Crippen LogP contribution >= 0.6 is 0 Å². The molecule has 0 aliphatic rings. The molecule has 0 aromatic heterocycles. The summed E-state index contributed by atoms with van der Waals surface area (Å²) in [6.45, 7) is 1.75. The fraction of sp³-hybridized carbons (Fsp3) is 0.381. The van der Waals surface area contributed by atoms with Crippen molar-refractivity contribution >= 4 is 21.7 Å². The highest BCUT2D eigenvalue weighted by Gasteiger charge is 2.28. The van der Waals surface area contributed by atoms with E-state index in [0.29, 0.717) is 6.42 Å². The van der Waals surface area contributed by atoms with E-state index in [1.165, 1.54) is 18.2 Å². The zero-order valence-corrected chi connectivity index (χ0v) is 18.3. The predicted molar refractivity (Wildman–Crippen MR) is 111 cm³/mol. The van der Waals surface area contributed by atoms with E-state index < -0.39 is 40.4 Å². The van der Waals surface area contributed by atoms with Crippen LogP contribution < -0.4 is 4.72 Å². The highest BCUT2D eigenvalue weighted by molar-refractivity contribution is 7.92. The van der Waals surface area contributed by atoms with Crippen LogP contribution in [0.1, 0.15) is 41.3 Å². The second-order valence-electron chi connectivity index (χ2n) is 7.16. The van der Waals surface area contributed by atoms with E-state index in [1.54, 1.807) is 6.92 Å². The van der Waals surface area contributed by atoms with Gasteiger partial charge in [0.2, 0.25) is 0 Å². The molecule has 0 saturated heterocycles. The number of hydrogen-bond donors (Lipinski definition) is 3. The summed E-state index contributed by atoms with van der Waals surface area (Å²) in [6.07, 6.45) is -5.49. The number of phenols is 1. The number of hydrogen-bond acceptors (Lipinski definition) is 6. The number of nitrogens with one attached hydrogen (secondary N) is 1. The lowest BCUT2D eigenvalue weighted by Crippen LogP contribution is -2.17. The Kier molecular flexibility index (Phi) is 8.13. The maximum atomic E-state index is 12.9. The van der Waals surface area contributed by atoms with Gasteiger partial charge in [-0.15, -0.1) is 0 Å². The Morgan fingerprint density at radius 1 is 1.19 bits per heavy atom. The number of carbonyl (C=O) groups excluding carboxylic acids is 1. The van der Waals surface area contributed by atoms with E-state index in [0.717, 1.165) is 25.3 Å². The molecule has 0 aliphatic carbocycles. The lowest BCUT2D eigenvalue weighted by molar-refractivity contribution is -0.127. The van der Waals surface area contributed by atoms with Crippen LogP contribution in [0, 0.1) is 0 Å². The summed E-state index contributed by atoms with van der Waals surface area (Å²) in [6, 6.07) is 6.68. The highest BCUT2D eigenvalue weighted by atomic mass is 32.2. The minimum absolute atomic E-state index is 0.0425. The van der Waals surface area contributed by atoms with Gasteiger partial charge in [-0.25, -0.2) is 13.2 Å². The number of benzene rings is 2. The number of anilines is 1. The fourth-order valence-electron chi connectivity index (χ4n) is 2.98. The number of halogens is 3. The largest absolute Gasteiger partial charge is 0.507 e. The van der Waals surface area contributed by atoms with Crippen LogP contribution in [-0.4, -0.2) is 44.0 Å². The third kappa shape index (κ3) is 6.86. The normalized spacial score (nSPS) is 12.9. The molecule has 0 saturated carbocycles. The molecule has 0 bridgehead atoms. The standard InChI is InChI=1S/C21H24F3NO6S/c1-3-15(26)6-5-14-10-13(12-21(22,23)24)4-8-18(14)25-32(29,30)16-7-9-19(27)17(11-16)20(28)31-2/h4,7-11,15,25-27H,3,5-6,12H2,1-2H3. The number of aliphatic hydroxyl groups excluding tert-OH is 1. The highest BCUT2D eigenvalue weighted by Crippen LogP contribution is 2.29. The number of ether oxygens (including phenoxy) is 1. The molecule has 0 spiro atoms. The Hall–Kier alpha value is -2.79. The Bertz CT molecular complexity index is 1070. The molecule has 2 aromatic carbocycles. The molecule has 176 valence electrons. The molecular weight excluding hydrogens is 451 g/mol. The number of sulfonamides is 1. The number of alkyl halides is 3. The third-order valence-electron chi connectivity index (χ3n) is 4.72. The minimum atomic E-state index is -4.43. The van der Waals surface area contributed by atoms with Crippen LogP contribution in [0.4, 0.5) is 18.9 Å². The van der Waals surface area contributed by atoms with Gasteiger partial charge in [-0.2, -0.15) is 13.2 Å². The third-order valence-corrected chi connectivity index (χ3v) is 6.08. The van der Waals surface area contributed by atoms with Gasteiger partial charge in [0.1, 0.15) is 11.3 Å². The molecule has 32 heavy (non-hydrogen) atoms. The first-order chi connectivity index (χ1) is 14.9. The van der Waals surface area contributed by atoms with Gasteiger partial charge in [0.25, 0.3) is 10.0 Å². The summed E-state index contributed by atoms with van der Waals surface area (Å²) in [4.78, 5) is 11.4. The average molecular weight is 475 g/mol. The van der Waals surface area contributed by atoms with Gasteiger partial charge in [0, 0.05) is 0 Å². The van der Waals surface area contributed by atoms with Crippen molar-refractivity contribution in [2.75, 3.05) is 11.8 Å². The lowest BCUT2D eigenvalue weighted by atomic mass is 10.0. The number of rotatable bonds is 9. The van der Waals surface area contributed by atoms with Gasteiger partial charge in [0.15, 0.2) is 0 Å². The van der Waals surface area contributed by atoms with Crippen molar-refractivity contribution in [2.24, 2.45) is 0 Å². The molecule has 0 heterocycles. The molecule has 0 aliphatic heterocycles. The maximum Gasteiger partial charge on any atom is 0.393 e. The van der Waals surface area contributed by atoms with Crippen molar-refractivity contribution in [1.29, 1.82) is 0 Å². The molecule has 1 unspecified atom stereocenters. The van der Waals surface area contributed by atoms with Gasteiger partial charge in [-0.3, -0.25) is 4.72 Å². The SMILES string of the molecule is CCC(O)CCc1cc(CC(F)(F)F)ccc1NS(=O)(=O)c1ccc(O)c(C(=O)OC)c1.